The van der Waals surface area contributed by atoms with E-state index in [-0.39, 0.29) is 24.0 Å². The molecular formula is C20H33IN6OS. The van der Waals surface area contributed by atoms with Crippen LogP contribution in [0.3, 0.4) is 0 Å². The van der Waals surface area contributed by atoms with Gasteiger partial charge in [0.1, 0.15) is 5.82 Å². The van der Waals surface area contributed by atoms with E-state index in [0.717, 1.165) is 51.2 Å². The molecule has 0 bridgehead atoms. The first-order valence-corrected chi connectivity index (χ1v) is 10.8. The lowest BCUT2D eigenvalue weighted by Crippen LogP contribution is -2.46. The number of rotatable bonds is 8. The number of guanidine groups is 1. The number of halogens is 1. The van der Waals surface area contributed by atoms with Gasteiger partial charge in [0.25, 0.3) is 0 Å². The smallest absolute Gasteiger partial charge is 0.191 e. The number of hydrogen-bond donors (Lipinski definition) is 2. The highest BCUT2D eigenvalue weighted by Crippen LogP contribution is 2.25. The van der Waals surface area contributed by atoms with Crippen molar-refractivity contribution in [2.75, 3.05) is 39.9 Å². The average Bonchev–Trinajstić information content (AvgIpc) is 3.37. The third-order valence-corrected chi connectivity index (χ3v) is 5.80. The van der Waals surface area contributed by atoms with E-state index in [0.29, 0.717) is 18.5 Å². The summed E-state index contributed by atoms with van der Waals surface area (Å²) in [7, 11) is 1.81. The number of aromatic nitrogens is 2. The third kappa shape index (κ3) is 7.23. The van der Waals surface area contributed by atoms with Crippen LogP contribution < -0.4 is 10.6 Å². The van der Waals surface area contributed by atoms with Crippen LogP contribution in [0.25, 0.3) is 0 Å². The lowest BCUT2D eigenvalue weighted by molar-refractivity contribution is 0.0177. The van der Waals surface area contributed by atoms with E-state index in [1.54, 1.807) is 11.3 Å². The Morgan fingerprint density at radius 3 is 2.76 bits per heavy atom. The van der Waals surface area contributed by atoms with Crippen LogP contribution in [0.1, 0.15) is 30.6 Å². The van der Waals surface area contributed by atoms with Gasteiger partial charge in [-0.15, -0.1) is 35.3 Å². The van der Waals surface area contributed by atoms with E-state index >= 15 is 0 Å². The molecular weight excluding hydrogens is 499 g/mol. The van der Waals surface area contributed by atoms with Crippen molar-refractivity contribution in [3.63, 3.8) is 0 Å². The summed E-state index contributed by atoms with van der Waals surface area (Å²) in [6.45, 7) is 10.4. The van der Waals surface area contributed by atoms with Gasteiger partial charge in [-0.1, -0.05) is 19.9 Å². The molecule has 1 saturated heterocycles. The summed E-state index contributed by atoms with van der Waals surface area (Å²) in [5.74, 6) is 2.42. The van der Waals surface area contributed by atoms with Crippen molar-refractivity contribution in [1.29, 1.82) is 0 Å². The highest BCUT2D eigenvalue weighted by molar-refractivity contribution is 14.0. The van der Waals surface area contributed by atoms with Crippen molar-refractivity contribution in [2.45, 2.75) is 33.0 Å². The molecule has 3 heterocycles. The van der Waals surface area contributed by atoms with E-state index in [1.807, 2.05) is 19.4 Å². The quantitative estimate of drug-likeness (QED) is 0.311. The van der Waals surface area contributed by atoms with E-state index in [4.69, 9.17) is 4.74 Å². The summed E-state index contributed by atoms with van der Waals surface area (Å²) < 4.78 is 7.73. The SMILES string of the molecule is CN=C(NCc1nccn1CC(C)C)NCC(c1cccs1)N1CCOCC1.I. The van der Waals surface area contributed by atoms with Crippen LogP contribution in [0, 0.1) is 5.92 Å². The molecule has 1 aliphatic heterocycles. The second-order valence-electron chi connectivity index (χ2n) is 7.38. The summed E-state index contributed by atoms with van der Waals surface area (Å²) in [5.41, 5.74) is 0. The second kappa shape index (κ2) is 12.5. The summed E-state index contributed by atoms with van der Waals surface area (Å²) in [4.78, 5) is 12.7. The highest BCUT2D eigenvalue weighted by Gasteiger charge is 2.23. The first-order chi connectivity index (χ1) is 13.7. The fourth-order valence-corrected chi connectivity index (χ4v) is 4.28. The summed E-state index contributed by atoms with van der Waals surface area (Å²) in [6.07, 6.45) is 3.90. The largest absolute Gasteiger partial charge is 0.379 e. The van der Waals surface area contributed by atoms with Gasteiger partial charge in [-0.2, -0.15) is 0 Å². The normalized spacial score (nSPS) is 16.5. The topological polar surface area (TPSA) is 66.7 Å². The lowest BCUT2D eigenvalue weighted by atomic mass is 10.2. The number of morpholine rings is 1. The Bertz CT molecular complexity index is 727. The molecule has 0 aromatic carbocycles. The van der Waals surface area contributed by atoms with Gasteiger partial charge in [0.15, 0.2) is 5.96 Å². The predicted octanol–water partition coefficient (Wildman–Crippen LogP) is 2.96. The highest BCUT2D eigenvalue weighted by atomic mass is 127. The van der Waals surface area contributed by atoms with Crippen molar-refractivity contribution in [2.24, 2.45) is 10.9 Å². The van der Waals surface area contributed by atoms with E-state index < -0.39 is 0 Å². The van der Waals surface area contributed by atoms with Crippen LogP contribution in [0.2, 0.25) is 0 Å². The zero-order chi connectivity index (χ0) is 19.8. The van der Waals surface area contributed by atoms with Gasteiger partial charge in [0.05, 0.1) is 25.8 Å². The minimum atomic E-state index is 0. The molecule has 3 rings (SSSR count). The van der Waals surface area contributed by atoms with Crippen molar-refractivity contribution in [3.05, 3.63) is 40.6 Å². The Labute approximate surface area is 195 Å². The fraction of sp³-hybridized carbons (Fsp3) is 0.600. The molecule has 1 aliphatic rings. The number of ether oxygens (including phenoxy) is 1. The van der Waals surface area contributed by atoms with Crippen LogP contribution in [0.5, 0.6) is 0 Å². The van der Waals surface area contributed by atoms with Gasteiger partial charge in [0, 0.05) is 50.5 Å². The molecule has 1 unspecified atom stereocenters. The van der Waals surface area contributed by atoms with Crippen molar-refractivity contribution in [3.8, 4) is 0 Å². The minimum Gasteiger partial charge on any atom is -0.379 e. The van der Waals surface area contributed by atoms with Gasteiger partial charge in [-0.3, -0.25) is 9.89 Å². The Morgan fingerprint density at radius 1 is 1.31 bits per heavy atom. The average molecular weight is 532 g/mol. The molecule has 0 radical (unpaired) electrons. The zero-order valence-electron chi connectivity index (χ0n) is 17.5. The monoisotopic (exact) mass is 532 g/mol. The molecule has 1 atom stereocenters. The summed E-state index contributed by atoms with van der Waals surface area (Å²) >= 11 is 1.81. The van der Waals surface area contributed by atoms with Crippen molar-refractivity contribution >= 4 is 41.3 Å². The van der Waals surface area contributed by atoms with Crippen molar-refractivity contribution < 1.29 is 4.74 Å². The van der Waals surface area contributed by atoms with Gasteiger partial charge in [-0.25, -0.2) is 4.98 Å². The Morgan fingerprint density at radius 2 is 2.10 bits per heavy atom. The number of nitrogens with zero attached hydrogens (tertiary/aromatic N) is 4. The van der Waals surface area contributed by atoms with Crippen LogP contribution in [-0.2, 0) is 17.8 Å². The maximum Gasteiger partial charge on any atom is 0.191 e. The van der Waals surface area contributed by atoms with Gasteiger partial charge >= 0.3 is 0 Å². The maximum atomic E-state index is 5.53. The fourth-order valence-electron chi connectivity index (χ4n) is 3.42. The standard InChI is InChI=1S/C20H32N6OS.HI/c1-16(2)15-26-7-6-22-19(26)14-24-20(21-3)23-13-17(18-5-4-12-28-18)25-8-10-27-11-9-25;/h4-7,12,16-17H,8-11,13-15H2,1-3H3,(H2,21,23,24);1H. The number of hydrogen-bond acceptors (Lipinski definition) is 5. The molecule has 9 heteroatoms. The lowest BCUT2D eigenvalue weighted by Gasteiger charge is -2.34. The first-order valence-electron chi connectivity index (χ1n) is 9.97. The molecule has 2 aromatic rings. The van der Waals surface area contributed by atoms with Crippen LogP contribution in [0.4, 0.5) is 0 Å². The maximum absolute atomic E-state index is 5.53. The Kier molecular flexibility index (Phi) is 10.4. The molecule has 0 spiro atoms. The molecule has 2 N–H and O–H groups in total. The molecule has 2 aromatic heterocycles. The Balaban J connectivity index is 0.00000300. The zero-order valence-corrected chi connectivity index (χ0v) is 20.7. The van der Waals surface area contributed by atoms with Crippen LogP contribution in [0.15, 0.2) is 34.9 Å². The number of imidazole rings is 1. The first kappa shape index (κ1) is 24.1. The number of nitrogens with one attached hydrogen (secondary N) is 2. The molecule has 162 valence electrons. The number of thiophene rings is 1. The third-order valence-electron chi connectivity index (χ3n) is 4.82. The summed E-state index contributed by atoms with van der Waals surface area (Å²) in [5, 5.41) is 9.05. The molecule has 29 heavy (non-hydrogen) atoms. The van der Waals surface area contributed by atoms with Crippen LogP contribution in [-0.4, -0.2) is 60.3 Å². The summed E-state index contributed by atoms with van der Waals surface area (Å²) in [6, 6.07) is 4.66. The molecule has 0 amide bonds. The molecule has 1 fully saturated rings. The second-order valence-corrected chi connectivity index (χ2v) is 8.36. The van der Waals surface area contributed by atoms with Gasteiger partial charge in [-0.05, 0) is 17.4 Å². The molecule has 0 aliphatic carbocycles. The van der Waals surface area contributed by atoms with Gasteiger partial charge in [0.2, 0.25) is 0 Å². The number of aliphatic imine (C=N–C) groups is 1. The van der Waals surface area contributed by atoms with E-state index in [9.17, 15) is 0 Å². The van der Waals surface area contributed by atoms with E-state index in [1.165, 1.54) is 4.88 Å². The minimum absolute atomic E-state index is 0. The van der Waals surface area contributed by atoms with E-state index in [2.05, 4.69) is 61.4 Å². The van der Waals surface area contributed by atoms with Gasteiger partial charge < -0.3 is 19.9 Å². The Hall–Kier alpha value is -1.17. The molecule has 0 saturated carbocycles. The molecule has 7 nitrogen and oxygen atoms in total. The van der Waals surface area contributed by atoms with Crippen molar-refractivity contribution in [1.82, 2.24) is 25.1 Å². The predicted molar refractivity (Wildman–Crippen MR) is 130 cm³/mol. The van der Waals surface area contributed by atoms with Crippen LogP contribution >= 0.6 is 35.3 Å².